The molecule has 112 valence electrons. The molecule has 2 N–H and O–H groups in total. The molecule has 0 atom stereocenters. The van der Waals surface area contributed by atoms with E-state index in [-0.39, 0.29) is 23.5 Å². The second-order valence-corrected chi connectivity index (χ2v) is 4.96. The topological polar surface area (TPSA) is 98.6 Å². The predicted octanol–water partition coefficient (Wildman–Crippen LogP) is 1.83. The van der Waals surface area contributed by atoms with Crippen LogP contribution in [0.3, 0.4) is 0 Å². The van der Waals surface area contributed by atoms with Crippen molar-refractivity contribution in [3.05, 3.63) is 57.3 Å². The van der Waals surface area contributed by atoms with Gasteiger partial charge in [0.05, 0.1) is 11.9 Å². The highest BCUT2D eigenvalue weighted by molar-refractivity contribution is 5.90. The van der Waals surface area contributed by atoms with Crippen molar-refractivity contribution in [3.8, 4) is 6.07 Å². The summed E-state index contributed by atoms with van der Waals surface area (Å²) in [5.74, 6) is -0.142. The molecule has 0 aliphatic heterocycles. The molecule has 0 aliphatic carbocycles. The van der Waals surface area contributed by atoms with Crippen molar-refractivity contribution < 1.29 is 4.79 Å². The Balaban J connectivity index is 2.11. The van der Waals surface area contributed by atoms with Crippen LogP contribution in [-0.4, -0.2) is 15.9 Å². The molecular weight excluding hydrogens is 280 g/mol. The molecule has 0 aliphatic rings. The zero-order chi connectivity index (χ0) is 16.1. The van der Waals surface area contributed by atoms with Gasteiger partial charge in [-0.25, -0.2) is 0 Å². The number of rotatable bonds is 4. The molecule has 0 aromatic carbocycles. The first kappa shape index (κ1) is 15.4. The van der Waals surface area contributed by atoms with Crippen molar-refractivity contribution >= 4 is 11.6 Å². The number of nitrogens with one attached hydrogen (secondary N) is 2. The van der Waals surface area contributed by atoms with Crippen LogP contribution in [0.1, 0.15) is 28.8 Å². The second-order valence-electron chi connectivity index (χ2n) is 4.96. The van der Waals surface area contributed by atoms with Gasteiger partial charge in [-0.3, -0.25) is 14.6 Å². The standard InChI is InChI=1S/C16H16N4O2/c1-10-13(11(2)19-16(22)14(10)8-17)5-6-15(21)20-12-4-3-7-18-9-12/h3-4,7,9H,5-6H2,1-2H3,(H,19,22)(H,20,21). The van der Waals surface area contributed by atoms with Crippen LogP contribution < -0.4 is 10.9 Å². The number of amides is 1. The van der Waals surface area contributed by atoms with E-state index in [2.05, 4.69) is 15.3 Å². The van der Waals surface area contributed by atoms with Gasteiger partial charge in [-0.15, -0.1) is 0 Å². The molecule has 22 heavy (non-hydrogen) atoms. The Bertz CT molecular complexity index is 788. The molecule has 0 radical (unpaired) electrons. The van der Waals surface area contributed by atoms with E-state index in [4.69, 9.17) is 5.26 Å². The van der Waals surface area contributed by atoms with E-state index in [1.54, 1.807) is 38.4 Å². The third-order valence-electron chi connectivity index (χ3n) is 3.47. The van der Waals surface area contributed by atoms with Crippen molar-refractivity contribution in [2.24, 2.45) is 0 Å². The van der Waals surface area contributed by atoms with Crippen molar-refractivity contribution in [1.29, 1.82) is 5.26 Å². The number of aromatic nitrogens is 2. The van der Waals surface area contributed by atoms with E-state index in [9.17, 15) is 9.59 Å². The van der Waals surface area contributed by atoms with Crippen LogP contribution in [0.5, 0.6) is 0 Å². The lowest BCUT2D eigenvalue weighted by Crippen LogP contribution is -2.18. The van der Waals surface area contributed by atoms with Crippen LogP contribution >= 0.6 is 0 Å². The van der Waals surface area contributed by atoms with Gasteiger partial charge >= 0.3 is 0 Å². The minimum absolute atomic E-state index is 0.105. The van der Waals surface area contributed by atoms with Gasteiger partial charge in [0, 0.05) is 18.3 Å². The van der Waals surface area contributed by atoms with Gasteiger partial charge in [0.2, 0.25) is 5.91 Å². The zero-order valence-electron chi connectivity index (χ0n) is 12.4. The van der Waals surface area contributed by atoms with Gasteiger partial charge in [0.1, 0.15) is 11.6 Å². The molecule has 2 aromatic rings. The van der Waals surface area contributed by atoms with Gasteiger partial charge in [0.15, 0.2) is 0 Å². The van der Waals surface area contributed by atoms with Crippen LogP contribution in [0.2, 0.25) is 0 Å². The third kappa shape index (κ3) is 3.38. The first-order valence-electron chi connectivity index (χ1n) is 6.85. The molecule has 0 fully saturated rings. The van der Waals surface area contributed by atoms with Crippen LogP contribution in [-0.2, 0) is 11.2 Å². The summed E-state index contributed by atoms with van der Waals surface area (Å²) in [6.07, 6.45) is 3.91. The van der Waals surface area contributed by atoms with Gasteiger partial charge in [-0.2, -0.15) is 5.26 Å². The van der Waals surface area contributed by atoms with E-state index < -0.39 is 0 Å². The lowest BCUT2D eigenvalue weighted by Gasteiger charge is -2.11. The number of hydrogen-bond acceptors (Lipinski definition) is 4. The Morgan fingerprint density at radius 1 is 1.45 bits per heavy atom. The van der Waals surface area contributed by atoms with E-state index in [1.165, 1.54) is 0 Å². The number of aromatic amines is 1. The lowest BCUT2D eigenvalue weighted by molar-refractivity contribution is -0.116. The van der Waals surface area contributed by atoms with Gasteiger partial charge in [0.25, 0.3) is 5.56 Å². The third-order valence-corrected chi connectivity index (χ3v) is 3.47. The highest BCUT2D eigenvalue weighted by Crippen LogP contribution is 2.15. The Morgan fingerprint density at radius 3 is 2.86 bits per heavy atom. The highest BCUT2D eigenvalue weighted by atomic mass is 16.1. The van der Waals surface area contributed by atoms with Gasteiger partial charge in [-0.05, 0) is 43.5 Å². The molecule has 0 saturated carbocycles. The molecule has 0 saturated heterocycles. The van der Waals surface area contributed by atoms with Crippen LogP contribution in [0, 0.1) is 25.2 Å². The Morgan fingerprint density at radius 2 is 2.23 bits per heavy atom. The summed E-state index contributed by atoms with van der Waals surface area (Å²) in [6, 6.07) is 5.41. The second kappa shape index (κ2) is 6.68. The fourth-order valence-corrected chi connectivity index (χ4v) is 2.32. The summed E-state index contributed by atoms with van der Waals surface area (Å²) in [4.78, 5) is 30.2. The van der Waals surface area contributed by atoms with E-state index >= 15 is 0 Å². The van der Waals surface area contributed by atoms with Crippen molar-refractivity contribution in [1.82, 2.24) is 9.97 Å². The number of carbonyl (C=O) groups is 1. The van der Waals surface area contributed by atoms with Crippen LogP contribution in [0.15, 0.2) is 29.3 Å². The Kier molecular flexibility index (Phi) is 4.69. The van der Waals surface area contributed by atoms with E-state index in [0.717, 1.165) is 5.56 Å². The maximum absolute atomic E-state index is 12.0. The summed E-state index contributed by atoms with van der Waals surface area (Å²) >= 11 is 0. The number of anilines is 1. The summed E-state index contributed by atoms with van der Waals surface area (Å²) < 4.78 is 0. The summed E-state index contributed by atoms with van der Waals surface area (Å²) in [5, 5.41) is 11.8. The summed E-state index contributed by atoms with van der Waals surface area (Å²) in [5.41, 5.74) is 2.51. The summed E-state index contributed by atoms with van der Waals surface area (Å²) in [7, 11) is 0. The monoisotopic (exact) mass is 296 g/mol. The number of H-pyrrole nitrogens is 1. The quantitative estimate of drug-likeness (QED) is 0.899. The van der Waals surface area contributed by atoms with Gasteiger partial charge in [-0.1, -0.05) is 0 Å². The highest BCUT2D eigenvalue weighted by Gasteiger charge is 2.13. The average Bonchev–Trinajstić information content (AvgIpc) is 2.48. The normalized spacial score (nSPS) is 10.0. The van der Waals surface area contributed by atoms with Crippen molar-refractivity contribution in [2.45, 2.75) is 26.7 Å². The molecule has 6 nitrogen and oxygen atoms in total. The molecule has 0 bridgehead atoms. The Labute approximate surface area is 127 Å². The number of aryl methyl sites for hydroxylation is 1. The molecule has 1 amide bonds. The number of nitrogens with zero attached hydrogens (tertiary/aromatic N) is 2. The number of nitriles is 1. The Hall–Kier alpha value is -2.94. The lowest BCUT2D eigenvalue weighted by atomic mass is 9.99. The van der Waals surface area contributed by atoms with Crippen LogP contribution in [0.25, 0.3) is 0 Å². The molecule has 0 unspecified atom stereocenters. The SMILES string of the molecule is Cc1[nH]c(=O)c(C#N)c(C)c1CCC(=O)Nc1cccnc1. The first-order valence-corrected chi connectivity index (χ1v) is 6.85. The van der Waals surface area contributed by atoms with Crippen molar-refractivity contribution in [3.63, 3.8) is 0 Å². The predicted molar refractivity (Wildman–Crippen MR) is 82.4 cm³/mol. The molecule has 2 rings (SSSR count). The fraction of sp³-hybridized carbons (Fsp3) is 0.250. The maximum Gasteiger partial charge on any atom is 0.266 e. The van der Waals surface area contributed by atoms with Crippen LogP contribution in [0.4, 0.5) is 5.69 Å². The first-order chi connectivity index (χ1) is 10.5. The number of hydrogen-bond donors (Lipinski definition) is 2. The van der Waals surface area contributed by atoms with Gasteiger partial charge < -0.3 is 10.3 Å². The minimum Gasteiger partial charge on any atom is -0.325 e. The number of carbonyl (C=O) groups excluding carboxylic acids is 1. The number of pyridine rings is 2. The average molecular weight is 296 g/mol. The van der Waals surface area contributed by atoms with E-state index in [0.29, 0.717) is 23.4 Å². The van der Waals surface area contributed by atoms with E-state index in [1.807, 2.05) is 6.07 Å². The molecule has 2 heterocycles. The maximum atomic E-state index is 12.0. The molecule has 0 spiro atoms. The molecular formula is C16H16N4O2. The fourth-order valence-electron chi connectivity index (χ4n) is 2.32. The van der Waals surface area contributed by atoms with Crippen molar-refractivity contribution in [2.75, 3.05) is 5.32 Å². The smallest absolute Gasteiger partial charge is 0.266 e. The zero-order valence-corrected chi connectivity index (χ0v) is 12.4. The minimum atomic E-state index is -0.388. The molecule has 6 heteroatoms. The largest absolute Gasteiger partial charge is 0.325 e. The summed E-state index contributed by atoms with van der Waals surface area (Å²) in [6.45, 7) is 3.50. The molecule has 2 aromatic heterocycles.